The van der Waals surface area contributed by atoms with Gasteiger partial charge in [0.05, 0.1) is 19.5 Å². The van der Waals surface area contributed by atoms with Crippen LogP contribution in [-0.4, -0.2) is 47.9 Å². The van der Waals surface area contributed by atoms with Crippen molar-refractivity contribution in [3.63, 3.8) is 0 Å². The van der Waals surface area contributed by atoms with Crippen LogP contribution in [0.1, 0.15) is 25.5 Å². The number of esters is 1. The summed E-state index contributed by atoms with van der Waals surface area (Å²) in [5.74, 6) is -0.489. The molecule has 0 saturated carbocycles. The van der Waals surface area contributed by atoms with Gasteiger partial charge in [0.1, 0.15) is 6.04 Å². The molecule has 0 aromatic carbocycles. The van der Waals surface area contributed by atoms with Crippen LogP contribution in [0, 0.1) is 0 Å². The van der Waals surface area contributed by atoms with Gasteiger partial charge in [-0.1, -0.05) is 0 Å². The van der Waals surface area contributed by atoms with Crippen LogP contribution < -0.4 is 4.72 Å². The Bertz CT molecular complexity index is 543. The average Bonchev–Trinajstić information content (AvgIpc) is 3.08. The molecule has 112 valence electrons. The zero-order valence-corrected chi connectivity index (χ0v) is 12.0. The van der Waals surface area contributed by atoms with Crippen LogP contribution in [0.2, 0.25) is 0 Å². The lowest BCUT2D eigenvalue weighted by molar-refractivity contribution is -0.146. The molecule has 2 rings (SSSR count). The molecule has 2 heterocycles. The lowest BCUT2D eigenvalue weighted by atomic mass is 10.2. The lowest BCUT2D eigenvalue weighted by Gasteiger charge is -2.22. The van der Waals surface area contributed by atoms with Gasteiger partial charge in [0.2, 0.25) is 0 Å². The van der Waals surface area contributed by atoms with Crippen LogP contribution in [0.25, 0.3) is 0 Å². The summed E-state index contributed by atoms with van der Waals surface area (Å²) < 4.78 is 33.0. The molecule has 8 nitrogen and oxygen atoms in total. The van der Waals surface area contributed by atoms with Gasteiger partial charge in [-0.3, -0.25) is 4.79 Å². The molecule has 1 aromatic heterocycles. The van der Waals surface area contributed by atoms with Crippen molar-refractivity contribution in [1.29, 1.82) is 0 Å². The number of ether oxygens (including phenoxy) is 1. The molecule has 1 aliphatic rings. The van der Waals surface area contributed by atoms with E-state index < -0.39 is 22.2 Å². The second-order valence-corrected chi connectivity index (χ2v) is 6.13. The summed E-state index contributed by atoms with van der Waals surface area (Å²) in [6, 6.07) is -0.728. The minimum Gasteiger partial charge on any atom is -0.465 e. The Labute approximate surface area is 117 Å². The summed E-state index contributed by atoms with van der Waals surface area (Å²) in [6.45, 7) is 2.36. The highest BCUT2D eigenvalue weighted by Gasteiger charge is 2.39. The maximum Gasteiger partial charge on any atom is 0.324 e. The van der Waals surface area contributed by atoms with Crippen molar-refractivity contribution >= 4 is 16.2 Å². The first-order valence-corrected chi connectivity index (χ1v) is 7.89. The fraction of sp³-hybridized carbons (Fsp3) is 0.636. The first-order valence-electron chi connectivity index (χ1n) is 6.45. The Morgan fingerprint density at radius 2 is 2.45 bits per heavy atom. The average molecular weight is 302 g/mol. The van der Waals surface area contributed by atoms with Crippen LogP contribution >= 0.6 is 0 Å². The first-order chi connectivity index (χ1) is 9.54. The van der Waals surface area contributed by atoms with Crippen molar-refractivity contribution in [2.24, 2.45) is 0 Å². The van der Waals surface area contributed by atoms with Gasteiger partial charge in [0.25, 0.3) is 10.2 Å². The van der Waals surface area contributed by atoms with Crippen LogP contribution in [0.3, 0.4) is 0 Å². The molecule has 0 aliphatic carbocycles. The van der Waals surface area contributed by atoms with Crippen molar-refractivity contribution in [1.82, 2.24) is 19.0 Å². The predicted octanol–water partition coefficient (Wildman–Crippen LogP) is -0.228. The van der Waals surface area contributed by atoms with Gasteiger partial charge in [-0.15, -0.1) is 0 Å². The zero-order valence-electron chi connectivity index (χ0n) is 11.2. The normalized spacial score (nSPS) is 20.1. The summed E-state index contributed by atoms with van der Waals surface area (Å²) in [7, 11) is -3.71. The molecule has 1 atom stereocenters. The van der Waals surface area contributed by atoms with Crippen molar-refractivity contribution in [3.8, 4) is 0 Å². The Hall–Kier alpha value is -1.45. The van der Waals surface area contributed by atoms with Gasteiger partial charge in [-0.2, -0.15) is 17.4 Å². The second-order valence-electron chi connectivity index (χ2n) is 4.42. The van der Waals surface area contributed by atoms with E-state index in [0.29, 0.717) is 25.1 Å². The number of imidazole rings is 1. The number of aromatic nitrogens is 2. The zero-order chi connectivity index (χ0) is 14.6. The molecule has 0 spiro atoms. The van der Waals surface area contributed by atoms with Crippen molar-refractivity contribution in [2.75, 3.05) is 13.2 Å². The fourth-order valence-electron chi connectivity index (χ4n) is 2.14. The minimum absolute atomic E-state index is 0.106. The Balaban J connectivity index is 2.02. The third-order valence-corrected chi connectivity index (χ3v) is 4.63. The predicted molar refractivity (Wildman–Crippen MR) is 70.7 cm³/mol. The van der Waals surface area contributed by atoms with Crippen molar-refractivity contribution in [3.05, 3.63) is 18.2 Å². The van der Waals surface area contributed by atoms with Crippen molar-refractivity contribution in [2.45, 2.75) is 32.4 Å². The van der Waals surface area contributed by atoms with E-state index in [-0.39, 0.29) is 13.2 Å². The highest BCUT2D eigenvalue weighted by Crippen LogP contribution is 2.21. The molecule has 0 amide bonds. The van der Waals surface area contributed by atoms with E-state index in [1.807, 2.05) is 0 Å². The van der Waals surface area contributed by atoms with Crippen molar-refractivity contribution < 1.29 is 17.9 Å². The monoisotopic (exact) mass is 302 g/mol. The van der Waals surface area contributed by atoms with Gasteiger partial charge in [-0.25, -0.2) is 4.98 Å². The maximum absolute atomic E-state index is 12.2. The largest absolute Gasteiger partial charge is 0.465 e. The summed E-state index contributed by atoms with van der Waals surface area (Å²) in [6.07, 6.45) is 4.15. The van der Waals surface area contributed by atoms with Crippen LogP contribution in [0.4, 0.5) is 0 Å². The third kappa shape index (κ3) is 3.35. The number of aromatic amines is 1. The molecule has 1 fully saturated rings. The number of H-pyrrole nitrogens is 1. The molecule has 0 bridgehead atoms. The number of rotatable bonds is 6. The quantitative estimate of drug-likeness (QED) is 0.706. The summed E-state index contributed by atoms with van der Waals surface area (Å²) in [5.41, 5.74) is 0.653. The molecule has 20 heavy (non-hydrogen) atoms. The van der Waals surface area contributed by atoms with E-state index in [1.54, 1.807) is 6.92 Å². The molecule has 1 aliphatic heterocycles. The SMILES string of the molecule is CCOC(=O)C1CCCN1S(=O)(=O)NCc1cnc[nH]1. The van der Waals surface area contributed by atoms with Crippen LogP contribution in [0.15, 0.2) is 12.5 Å². The first kappa shape index (κ1) is 14.9. The van der Waals surface area contributed by atoms with Gasteiger partial charge in [-0.05, 0) is 19.8 Å². The highest BCUT2D eigenvalue weighted by atomic mass is 32.2. The smallest absolute Gasteiger partial charge is 0.324 e. The number of carbonyl (C=O) groups excluding carboxylic acids is 1. The number of hydrogen-bond donors (Lipinski definition) is 2. The van der Waals surface area contributed by atoms with Crippen LogP contribution in [0.5, 0.6) is 0 Å². The number of nitrogens with one attached hydrogen (secondary N) is 2. The lowest BCUT2D eigenvalue weighted by Crippen LogP contribution is -2.46. The molecular formula is C11H18N4O4S. The molecule has 1 saturated heterocycles. The summed E-state index contributed by atoms with van der Waals surface area (Å²) >= 11 is 0. The topological polar surface area (TPSA) is 104 Å². The van der Waals surface area contributed by atoms with Crippen LogP contribution in [-0.2, 0) is 26.3 Å². The maximum atomic E-state index is 12.2. The minimum atomic E-state index is -3.71. The fourth-order valence-corrected chi connectivity index (χ4v) is 3.53. The molecule has 0 radical (unpaired) electrons. The molecule has 1 aromatic rings. The summed E-state index contributed by atoms with van der Waals surface area (Å²) in [4.78, 5) is 18.4. The highest BCUT2D eigenvalue weighted by molar-refractivity contribution is 7.87. The van der Waals surface area contributed by atoms with Gasteiger partial charge < -0.3 is 9.72 Å². The Morgan fingerprint density at radius 1 is 1.65 bits per heavy atom. The molecule has 9 heteroatoms. The number of nitrogens with zero attached hydrogens (tertiary/aromatic N) is 2. The van der Waals surface area contributed by atoms with E-state index in [1.165, 1.54) is 16.8 Å². The van der Waals surface area contributed by atoms with E-state index in [9.17, 15) is 13.2 Å². The Kier molecular flexibility index (Phi) is 4.73. The molecule has 2 N–H and O–H groups in total. The standard InChI is InChI=1S/C11H18N4O4S/c1-2-19-11(16)10-4-3-5-15(10)20(17,18)14-7-9-6-12-8-13-9/h6,8,10,14H,2-5,7H2,1H3,(H,12,13). The van der Waals surface area contributed by atoms with E-state index in [2.05, 4.69) is 14.7 Å². The Morgan fingerprint density at radius 3 is 3.10 bits per heavy atom. The van der Waals surface area contributed by atoms with Gasteiger partial charge >= 0.3 is 5.97 Å². The molecule has 1 unspecified atom stereocenters. The van der Waals surface area contributed by atoms with Gasteiger partial charge in [0.15, 0.2) is 0 Å². The third-order valence-electron chi connectivity index (χ3n) is 3.07. The van der Waals surface area contributed by atoms with E-state index in [0.717, 1.165) is 0 Å². The van der Waals surface area contributed by atoms with E-state index >= 15 is 0 Å². The second kappa shape index (κ2) is 6.33. The number of carbonyl (C=O) groups is 1. The van der Waals surface area contributed by atoms with Gasteiger partial charge in [0, 0.05) is 18.4 Å². The molecular weight excluding hydrogens is 284 g/mol. The van der Waals surface area contributed by atoms with E-state index in [4.69, 9.17) is 4.74 Å². The summed E-state index contributed by atoms with van der Waals surface area (Å²) in [5, 5.41) is 0. The number of hydrogen-bond acceptors (Lipinski definition) is 5.